The van der Waals surface area contributed by atoms with Crippen molar-refractivity contribution in [2.75, 3.05) is 0 Å². The fourth-order valence-corrected chi connectivity index (χ4v) is 13.2. The van der Waals surface area contributed by atoms with Crippen molar-refractivity contribution in [1.82, 2.24) is 0 Å². The second-order valence-electron chi connectivity index (χ2n) is 9.07. The highest BCUT2D eigenvalue weighted by molar-refractivity contribution is 7.16. The lowest BCUT2D eigenvalue weighted by molar-refractivity contribution is 1.68. The van der Waals surface area contributed by atoms with Gasteiger partial charge in [0.15, 0.2) is 16.1 Å². The Kier molecular flexibility index (Phi) is 6.81. The van der Waals surface area contributed by atoms with E-state index < -0.39 is 16.1 Å². The van der Waals surface area contributed by atoms with Crippen LogP contribution < -0.4 is 31.1 Å². The van der Waals surface area contributed by atoms with E-state index in [-0.39, 0.29) is 0 Å². The van der Waals surface area contributed by atoms with Gasteiger partial charge in [-0.05, 0) is 31.1 Å². The molecular weight excluding hydrogens is 465 g/mol. The van der Waals surface area contributed by atoms with Crippen molar-refractivity contribution < 1.29 is 0 Å². The molecule has 5 rings (SSSR count). The Hall–Kier alpha value is -3.99. The maximum atomic E-state index is 4.40. The summed E-state index contributed by atoms with van der Waals surface area (Å²) in [5.41, 5.74) is 4.44. The van der Waals surface area contributed by atoms with E-state index in [2.05, 4.69) is 170 Å². The molecule has 36 heavy (non-hydrogen) atoms. The molecule has 0 radical (unpaired) electrons. The van der Waals surface area contributed by atoms with Gasteiger partial charge in [0.1, 0.15) is 0 Å². The van der Waals surface area contributed by atoms with Gasteiger partial charge in [0.05, 0.1) is 0 Å². The van der Waals surface area contributed by atoms with Gasteiger partial charge in [-0.2, -0.15) is 0 Å². The van der Waals surface area contributed by atoms with Crippen molar-refractivity contribution in [3.05, 3.63) is 170 Å². The van der Waals surface area contributed by atoms with E-state index in [4.69, 9.17) is 0 Å². The summed E-state index contributed by atoms with van der Waals surface area (Å²) in [6, 6.07) is 52.9. The molecule has 0 N–H and O–H groups in total. The first kappa shape index (κ1) is 23.7. The molecule has 0 aliphatic heterocycles. The Balaban J connectivity index is 1.72. The third-order valence-electron chi connectivity index (χ3n) is 7.32. The molecule has 5 aromatic carbocycles. The van der Waals surface area contributed by atoms with Crippen LogP contribution >= 0.6 is 0 Å². The molecular formula is C34H30Si2. The molecule has 5 aromatic rings. The van der Waals surface area contributed by atoms with Crippen LogP contribution in [0.3, 0.4) is 0 Å². The van der Waals surface area contributed by atoms with Crippen LogP contribution in [0.1, 0.15) is 0 Å². The minimum absolute atomic E-state index is 1.34. The summed E-state index contributed by atoms with van der Waals surface area (Å²) < 4.78 is 0. The Morgan fingerprint density at radius 1 is 0.306 bits per heavy atom. The molecule has 0 spiro atoms. The van der Waals surface area contributed by atoms with Gasteiger partial charge in [-0.25, -0.2) is 0 Å². The molecule has 0 aliphatic rings. The van der Waals surface area contributed by atoms with Gasteiger partial charge in [-0.15, -0.1) is 13.2 Å². The lowest BCUT2D eigenvalue weighted by Crippen LogP contribution is -2.68. The number of benzene rings is 5. The van der Waals surface area contributed by atoms with Crippen LogP contribution in [0, 0.1) is 0 Å². The lowest BCUT2D eigenvalue weighted by Gasteiger charge is -2.33. The van der Waals surface area contributed by atoms with E-state index in [0.717, 1.165) is 0 Å². The highest BCUT2D eigenvalue weighted by Gasteiger charge is 2.39. The lowest BCUT2D eigenvalue weighted by atomic mass is 10.3. The highest BCUT2D eigenvalue weighted by Crippen LogP contribution is 2.12. The van der Waals surface area contributed by atoms with Crippen LogP contribution in [-0.4, -0.2) is 16.1 Å². The molecule has 0 amide bonds. The largest absolute Gasteiger partial charge is 0.171 e. The van der Waals surface area contributed by atoms with E-state index in [0.29, 0.717) is 0 Å². The molecule has 0 atom stereocenters. The SMILES string of the molecule is C=C[Si](c1ccccc1)(c1ccccc1)c1ccc([Si](C=C)(c2ccccc2)c2ccccc2)cc1. The van der Waals surface area contributed by atoms with E-state index in [9.17, 15) is 0 Å². The van der Waals surface area contributed by atoms with Gasteiger partial charge >= 0.3 is 0 Å². The van der Waals surface area contributed by atoms with E-state index >= 15 is 0 Å². The van der Waals surface area contributed by atoms with Gasteiger partial charge in [0, 0.05) is 0 Å². The van der Waals surface area contributed by atoms with Gasteiger partial charge in [0.2, 0.25) is 0 Å². The minimum Gasteiger partial charge on any atom is -0.106 e. The highest BCUT2D eigenvalue weighted by atomic mass is 28.3. The van der Waals surface area contributed by atoms with Crippen molar-refractivity contribution in [2.24, 2.45) is 0 Å². The number of hydrogen-bond acceptors (Lipinski definition) is 0. The van der Waals surface area contributed by atoms with Crippen LogP contribution in [0.15, 0.2) is 170 Å². The molecule has 0 aliphatic carbocycles. The zero-order valence-corrected chi connectivity index (χ0v) is 22.4. The summed E-state index contributed by atoms with van der Waals surface area (Å²) in [5.74, 6) is 0. The monoisotopic (exact) mass is 494 g/mol. The van der Waals surface area contributed by atoms with Crippen molar-refractivity contribution in [1.29, 1.82) is 0 Å². The fraction of sp³-hybridized carbons (Fsp3) is 0. The Labute approximate surface area is 217 Å². The molecule has 0 aromatic heterocycles. The maximum Gasteiger partial charge on any atom is 0.171 e. The van der Waals surface area contributed by atoms with Gasteiger partial charge in [-0.3, -0.25) is 0 Å². The van der Waals surface area contributed by atoms with Gasteiger partial charge in [0.25, 0.3) is 0 Å². The second kappa shape index (κ2) is 10.3. The summed E-state index contributed by atoms with van der Waals surface area (Å²) in [6.07, 6.45) is 0. The first-order valence-corrected chi connectivity index (χ1v) is 16.5. The normalized spacial score (nSPS) is 11.6. The van der Waals surface area contributed by atoms with E-state index in [1.165, 1.54) is 31.1 Å². The molecule has 0 fully saturated rings. The predicted molar refractivity (Wildman–Crippen MR) is 162 cm³/mol. The Morgan fingerprint density at radius 3 is 0.694 bits per heavy atom. The first-order valence-electron chi connectivity index (χ1n) is 12.4. The van der Waals surface area contributed by atoms with Crippen molar-refractivity contribution in [3.8, 4) is 0 Å². The molecule has 2 heteroatoms. The summed E-state index contributed by atoms with van der Waals surface area (Å²) in [7, 11) is -4.79. The topological polar surface area (TPSA) is 0 Å². The summed E-state index contributed by atoms with van der Waals surface area (Å²) in [4.78, 5) is 0. The number of hydrogen-bond donors (Lipinski definition) is 0. The first-order chi connectivity index (χ1) is 17.8. The van der Waals surface area contributed by atoms with Crippen LogP contribution in [-0.2, 0) is 0 Å². The van der Waals surface area contributed by atoms with Gasteiger partial charge < -0.3 is 0 Å². The third-order valence-corrected chi connectivity index (χ3v) is 16.0. The molecule has 0 saturated heterocycles. The molecule has 0 unspecified atom stereocenters. The molecule has 0 saturated carbocycles. The Bertz CT molecular complexity index is 1230. The zero-order chi connectivity index (χ0) is 24.8. The van der Waals surface area contributed by atoms with Crippen molar-refractivity contribution >= 4 is 47.3 Å². The summed E-state index contributed by atoms with van der Waals surface area (Å²) in [5, 5.41) is 8.06. The van der Waals surface area contributed by atoms with Gasteiger partial charge in [-0.1, -0.05) is 157 Å². The van der Waals surface area contributed by atoms with Crippen LogP contribution in [0.25, 0.3) is 0 Å². The zero-order valence-electron chi connectivity index (χ0n) is 20.4. The summed E-state index contributed by atoms with van der Waals surface area (Å²) in [6.45, 7) is 8.80. The maximum absolute atomic E-state index is 4.40. The second-order valence-corrected chi connectivity index (χ2v) is 16.6. The Morgan fingerprint density at radius 2 is 0.500 bits per heavy atom. The molecule has 0 nitrogen and oxygen atoms in total. The standard InChI is InChI=1S/C34H30Si2/c1-3-35(29-17-9-5-10-18-29,30-19-11-6-12-20-30)33-25-27-34(28-26-33)36(4-2,31-21-13-7-14-22-31)32-23-15-8-16-24-32/h3-28H,1-2H2. The average Bonchev–Trinajstić information content (AvgIpc) is 2.97. The van der Waals surface area contributed by atoms with Crippen LogP contribution in [0.5, 0.6) is 0 Å². The average molecular weight is 495 g/mol. The molecule has 0 heterocycles. The van der Waals surface area contributed by atoms with Crippen molar-refractivity contribution in [3.63, 3.8) is 0 Å². The quantitative estimate of drug-likeness (QED) is 0.225. The smallest absolute Gasteiger partial charge is 0.106 e. The predicted octanol–water partition coefficient (Wildman–Crippen LogP) is 4.08. The molecule has 0 bridgehead atoms. The van der Waals surface area contributed by atoms with Crippen LogP contribution in [0.2, 0.25) is 0 Å². The van der Waals surface area contributed by atoms with E-state index in [1.54, 1.807) is 0 Å². The fourth-order valence-electron chi connectivity index (χ4n) is 5.51. The number of rotatable bonds is 8. The van der Waals surface area contributed by atoms with Crippen LogP contribution in [0.4, 0.5) is 0 Å². The third kappa shape index (κ3) is 3.95. The summed E-state index contributed by atoms with van der Waals surface area (Å²) >= 11 is 0. The van der Waals surface area contributed by atoms with E-state index in [1.807, 2.05) is 0 Å². The van der Waals surface area contributed by atoms with Crippen molar-refractivity contribution in [2.45, 2.75) is 0 Å². The molecule has 174 valence electrons. The minimum atomic E-state index is -2.40.